The van der Waals surface area contributed by atoms with Gasteiger partial charge in [0, 0.05) is 31.7 Å². The van der Waals surface area contributed by atoms with Gasteiger partial charge in [0.25, 0.3) is 5.91 Å². The molecule has 29 heavy (non-hydrogen) atoms. The molecule has 1 amide bonds. The molecule has 0 bridgehead atoms. The maximum Gasteiger partial charge on any atom is 0.253 e. The van der Waals surface area contributed by atoms with Crippen LogP contribution in [0.4, 0.5) is 11.4 Å². The van der Waals surface area contributed by atoms with Gasteiger partial charge in [-0.3, -0.25) is 4.79 Å². The van der Waals surface area contributed by atoms with Gasteiger partial charge >= 0.3 is 0 Å². The highest BCUT2D eigenvalue weighted by molar-refractivity contribution is 6.01. The van der Waals surface area contributed by atoms with Crippen LogP contribution in [0.25, 0.3) is 0 Å². The number of fused-ring (bicyclic) bond motifs is 3. The molecule has 0 radical (unpaired) electrons. The Bertz CT molecular complexity index is 916. The topological polar surface area (TPSA) is 44.4 Å². The molecule has 2 N–H and O–H groups in total. The molecule has 4 heteroatoms. The van der Waals surface area contributed by atoms with E-state index < -0.39 is 0 Å². The minimum Gasteiger partial charge on any atom is -0.378 e. The summed E-state index contributed by atoms with van der Waals surface area (Å²) in [4.78, 5) is 15.1. The van der Waals surface area contributed by atoms with Crippen LogP contribution in [0.1, 0.15) is 60.1 Å². The highest BCUT2D eigenvalue weighted by Gasteiger charge is 2.39. The van der Waals surface area contributed by atoms with Crippen molar-refractivity contribution in [2.45, 2.75) is 44.7 Å². The number of hydrogen-bond donors (Lipinski definition) is 2. The molecule has 0 fully saturated rings. The molecule has 2 aromatic carbocycles. The number of para-hydroxylation sites is 1. The number of carbonyl (C=O) groups is 1. The van der Waals surface area contributed by atoms with Crippen molar-refractivity contribution in [2.24, 2.45) is 5.92 Å². The van der Waals surface area contributed by atoms with Crippen LogP contribution in [0.3, 0.4) is 0 Å². The Balaban J connectivity index is 1.71. The van der Waals surface area contributed by atoms with Gasteiger partial charge in [-0.15, -0.1) is 0 Å². The molecule has 2 aliphatic rings. The highest BCUT2D eigenvalue weighted by atomic mass is 16.1. The summed E-state index contributed by atoms with van der Waals surface area (Å²) in [5, 5.41) is 6.89. The number of amides is 1. The predicted molar refractivity (Wildman–Crippen MR) is 121 cm³/mol. The lowest BCUT2D eigenvalue weighted by Crippen LogP contribution is -2.35. The zero-order valence-electron chi connectivity index (χ0n) is 17.8. The first-order valence-electron chi connectivity index (χ1n) is 10.6. The molecule has 0 saturated carbocycles. The second-order valence-corrected chi connectivity index (χ2v) is 8.51. The van der Waals surface area contributed by atoms with E-state index in [1.165, 1.54) is 16.8 Å². The van der Waals surface area contributed by atoms with E-state index in [-0.39, 0.29) is 18.0 Å². The van der Waals surface area contributed by atoms with E-state index in [1.807, 2.05) is 19.1 Å². The fourth-order valence-corrected chi connectivity index (χ4v) is 4.52. The molecule has 152 valence electrons. The van der Waals surface area contributed by atoms with E-state index in [4.69, 9.17) is 0 Å². The first-order chi connectivity index (χ1) is 14.0. The fourth-order valence-electron chi connectivity index (χ4n) is 4.52. The Morgan fingerprint density at radius 1 is 1.21 bits per heavy atom. The monoisotopic (exact) mass is 389 g/mol. The zero-order chi connectivity index (χ0) is 20.5. The normalized spacial score (nSPS) is 23.0. The van der Waals surface area contributed by atoms with Crippen molar-refractivity contribution in [3.8, 4) is 0 Å². The largest absolute Gasteiger partial charge is 0.378 e. The first-order valence-corrected chi connectivity index (χ1v) is 10.6. The van der Waals surface area contributed by atoms with Crippen LogP contribution < -0.4 is 15.5 Å². The van der Waals surface area contributed by atoms with E-state index in [2.05, 4.69) is 79.0 Å². The number of carbonyl (C=O) groups excluding carboxylic acids is 1. The quantitative estimate of drug-likeness (QED) is 0.699. The van der Waals surface area contributed by atoms with Crippen LogP contribution in [0.15, 0.2) is 54.6 Å². The number of benzene rings is 2. The van der Waals surface area contributed by atoms with Gasteiger partial charge in [-0.2, -0.15) is 0 Å². The van der Waals surface area contributed by atoms with Gasteiger partial charge in [0.05, 0.1) is 17.3 Å². The lowest BCUT2D eigenvalue weighted by molar-refractivity contribution is 0.0939. The van der Waals surface area contributed by atoms with Crippen molar-refractivity contribution in [3.05, 3.63) is 71.3 Å². The molecule has 0 spiro atoms. The number of hydrogen-bond acceptors (Lipinski definition) is 3. The van der Waals surface area contributed by atoms with Crippen molar-refractivity contribution < 1.29 is 4.79 Å². The Morgan fingerprint density at radius 3 is 2.66 bits per heavy atom. The first kappa shape index (κ1) is 19.6. The summed E-state index contributed by atoms with van der Waals surface area (Å²) in [6.07, 6.45) is 6.59. The standard InChI is InChI=1S/C25H31N3O/c1-5-16(2)26-25(29)22-11-7-10-21-19-8-6-9-20(19)23(27-24(21)22)17-12-14-18(15-13-17)28(3)4/h6-8,10-16,19-20,23,27H,5,9H2,1-4H3,(H,26,29). The smallest absolute Gasteiger partial charge is 0.253 e. The van der Waals surface area contributed by atoms with Gasteiger partial charge in [0.15, 0.2) is 0 Å². The molecular weight excluding hydrogens is 358 g/mol. The molecule has 0 saturated heterocycles. The Hall–Kier alpha value is -2.75. The minimum atomic E-state index is 0.00540. The number of allylic oxidation sites excluding steroid dienone is 2. The molecule has 4 nitrogen and oxygen atoms in total. The number of nitrogens with one attached hydrogen (secondary N) is 2. The van der Waals surface area contributed by atoms with Crippen LogP contribution in [-0.4, -0.2) is 26.0 Å². The average molecular weight is 390 g/mol. The van der Waals surface area contributed by atoms with Crippen molar-refractivity contribution in [1.82, 2.24) is 5.32 Å². The van der Waals surface area contributed by atoms with Crippen LogP contribution in [0.2, 0.25) is 0 Å². The van der Waals surface area contributed by atoms with Crippen LogP contribution in [0.5, 0.6) is 0 Å². The third-order valence-corrected chi connectivity index (χ3v) is 6.40. The van der Waals surface area contributed by atoms with Crippen molar-refractivity contribution in [3.63, 3.8) is 0 Å². The molecule has 1 aliphatic carbocycles. The molecule has 2 aromatic rings. The number of rotatable bonds is 5. The maximum atomic E-state index is 13.0. The van der Waals surface area contributed by atoms with Crippen molar-refractivity contribution in [2.75, 3.05) is 24.3 Å². The summed E-state index contributed by atoms with van der Waals surface area (Å²) >= 11 is 0. The molecule has 0 aromatic heterocycles. The van der Waals surface area contributed by atoms with Crippen molar-refractivity contribution >= 4 is 17.3 Å². The summed E-state index contributed by atoms with van der Waals surface area (Å²) < 4.78 is 0. The average Bonchev–Trinajstić information content (AvgIpc) is 3.22. The molecule has 1 aliphatic heterocycles. The summed E-state index contributed by atoms with van der Waals surface area (Å²) in [7, 11) is 4.12. The minimum absolute atomic E-state index is 0.00540. The Morgan fingerprint density at radius 2 is 1.97 bits per heavy atom. The number of anilines is 2. The predicted octanol–water partition coefficient (Wildman–Crippen LogP) is 5.11. The number of nitrogens with zero attached hydrogens (tertiary/aromatic N) is 1. The molecule has 4 atom stereocenters. The second kappa shape index (κ2) is 7.94. The van der Waals surface area contributed by atoms with Gasteiger partial charge < -0.3 is 15.5 Å². The van der Waals surface area contributed by atoms with Gasteiger partial charge in [0.1, 0.15) is 0 Å². The lowest BCUT2D eigenvalue weighted by Gasteiger charge is -2.38. The maximum absolute atomic E-state index is 13.0. The van der Waals surface area contributed by atoms with Gasteiger partial charge in [0.2, 0.25) is 0 Å². The van der Waals surface area contributed by atoms with E-state index in [0.717, 1.165) is 24.1 Å². The third kappa shape index (κ3) is 3.64. The summed E-state index contributed by atoms with van der Waals surface area (Å²) in [6, 6.07) is 15.3. The van der Waals surface area contributed by atoms with Crippen LogP contribution in [0, 0.1) is 5.92 Å². The SMILES string of the molecule is CCC(C)NC(=O)c1cccc2c1NC(c1ccc(N(C)C)cc1)C1CC=CC21. The van der Waals surface area contributed by atoms with Crippen LogP contribution in [-0.2, 0) is 0 Å². The Labute approximate surface area is 174 Å². The van der Waals surface area contributed by atoms with E-state index >= 15 is 0 Å². The molecular formula is C25H31N3O. The summed E-state index contributed by atoms with van der Waals surface area (Å²) in [6.45, 7) is 4.14. The molecule has 4 unspecified atom stereocenters. The van der Waals surface area contributed by atoms with Crippen LogP contribution >= 0.6 is 0 Å². The third-order valence-electron chi connectivity index (χ3n) is 6.40. The molecule has 1 heterocycles. The summed E-state index contributed by atoms with van der Waals surface area (Å²) in [5.74, 6) is 0.826. The second-order valence-electron chi connectivity index (χ2n) is 8.51. The van der Waals surface area contributed by atoms with E-state index in [1.54, 1.807) is 0 Å². The van der Waals surface area contributed by atoms with E-state index in [0.29, 0.717) is 11.8 Å². The lowest BCUT2D eigenvalue weighted by atomic mass is 9.76. The molecule has 4 rings (SSSR count). The zero-order valence-corrected chi connectivity index (χ0v) is 17.8. The van der Waals surface area contributed by atoms with Gasteiger partial charge in [-0.05, 0) is 55.0 Å². The highest BCUT2D eigenvalue weighted by Crippen LogP contribution is 2.50. The Kier molecular flexibility index (Phi) is 5.35. The van der Waals surface area contributed by atoms with Crippen molar-refractivity contribution in [1.29, 1.82) is 0 Å². The summed E-state index contributed by atoms with van der Waals surface area (Å²) in [5.41, 5.74) is 5.44. The van der Waals surface area contributed by atoms with E-state index in [9.17, 15) is 4.79 Å². The van der Waals surface area contributed by atoms with Gasteiger partial charge in [-0.25, -0.2) is 0 Å². The fraction of sp³-hybridized carbons (Fsp3) is 0.400. The van der Waals surface area contributed by atoms with Gasteiger partial charge in [-0.1, -0.05) is 43.3 Å².